The monoisotopic (exact) mass is 269 g/mol. The van der Waals surface area contributed by atoms with Gasteiger partial charge in [-0.05, 0) is 25.3 Å². The molecule has 18 heavy (non-hydrogen) atoms. The van der Waals surface area contributed by atoms with Crippen LogP contribution in [0.1, 0.15) is 28.3 Å². The Hall–Kier alpha value is -0.980. The number of hydrogen-bond donors (Lipinski definition) is 2. The summed E-state index contributed by atoms with van der Waals surface area (Å²) in [6, 6.07) is 0. The van der Waals surface area contributed by atoms with Crippen LogP contribution in [0, 0.1) is 5.92 Å². The molecule has 1 heterocycles. The lowest BCUT2D eigenvalue weighted by molar-refractivity contribution is 0.0902. The van der Waals surface area contributed by atoms with E-state index in [1.807, 2.05) is 0 Å². The average Bonchev–Trinajstić information content (AvgIpc) is 3.07. The molecule has 100 valence electrons. The van der Waals surface area contributed by atoms with Crippen molar-refractivity contribution in [3.05, 3.63) is 16.1 Å². The fourth-order valence-corrected chi connectivity index (χ4v) is 2.31. The molecule has 0 bridgehead atoms. The number of aromatic nitrogens is 1. The molecule has 6 heteroatoms. The average molecular weight is 269 g/mol. The summed E-state index contributed by atoms with van der Waals surface area (Å²) in [5, 5.41) is 5.48. The third-order valence-corrected chi connectivity index (χ3v) is 3.63. The van der Waals surface area contributed by atoms with Crippen LogP contribution in [-0.2, 0) is 11.2 Å². The number of ether oxygens (including phenoxy) is 1. The van der Waals surface area contributed by atoms with Crippen LogP contribution in [0.25, 0.3) is 0 Å². The zero-order chi connectivity index (χ0) is 12.8. The zero-order valence-corrected chi connectivity index (χ0v) is 11.2. The number of hydrogen-bond acceptors (Lipinski definition) is 5. The van der Waals surface area contributed by atoms with Crippen LogP contribution >= 0.6 is 11.3 Å². The van der Waals surface area contributed by atoms with Crippen LogP contribution < -0.4 is 11.1 Å². The highest BCUT2D eigenvalue weighted by atomic mass is 32.1. The van der Waals surface area contributed by atoms with Crippen molar-refractivity contribution in [3.8, 4) is 0 Å². The SMILES string of the molecule is NCCc1nc(C(=O)NCCOCC2CC2)cs1. The lowest BCUT2D eigenvalue weighted by Crippen LogP contribution is -2.27. The Morgan fingerprint density at radius 3 is 3.17 bits per heavy atom. The summed E-state index contributed by atoms with van der Waals surface area (Å²) >= 11 is 1.48. The summed E-state index contributed by atoms with van der Waals surface area (Å²) in [4.78, 5) is 15.9. The Balaban J connectivity index is 1.62. The minimum absolute atomic E-state index is 0.135. The zero-order valence-electron chi connectivity index (χ0n) is 10.4. The second-order valence-electron chi connectivity index (χ2n) is 4.44. The van der Waals surface area contributed by atoms with Crippen molar-refractivity contribution in [1.29, 1.82) is 0 Å². The number of nitrogens with one attached hydrogen (secondary N) is 1. The first-order chi connectivity index (χ1) is 8.79. The highest BCUT2D eigenvalue weighted by Gasteiger charge is 2.20. The molecule has 0 atom stereocenters. The highest BCUT2D eigenvalue weighted by molar-refractivity contribution is 7.09. The Labute approximate surface area is 111 Å². The summed E-state index contributed by atoms with van der Waals surface area (Å²) in [5.74, 6) is 0.627. The van der Waals surface area contributed by atoms with Gasteiger partial charge in [0.05, 0.1) is 11.6 Å². The van der Waals surface area contributed by atoms with Gasteiger partial charge in [0.2, 0.25) is 0 Å². The van der Waals surface area contributed by atoms with Crippen molar-refractivity contribution in [1.82, 2.24) is 10.3 Å². The molecule has 1 aromatic heterocycles. The lowest BCUT2D eigenvalue weighted by atomic mass is 10.4. The molecule has 1 fully saturated rings. The van der Waals surface area contributed by atoms with Gasteiger partial charge in [-0.25, -0.2) is 4.98 Å². The fourth-order valence-electron chi connectivity index (χ4n) is 1.52. The molecular formula is C12H19N3O2S. The number of nitrogens with two attached hydrogens (primary N) is 1. The van der Waals surface area contributed by atoms with E-state index in [9.17, 15) is 4.79 Å². The summed E-state index contributed by atoms with van der Waals surface area (Å²) in [7, 11) is 0. The topological polar surface area (TPSA) is 77.2 Å². The smallest absolute Gasteiger partial charge is 0.270 e. The van der Waals surface area contributed by atoms with Crippen molar-refractivity contribution < 1.29 is 9.53 Å². The third-order valence-electron chi connectivity index (χ3n) is 2.73. The van der Waals surface area contributed by atoms with E-state index in [1.54, 1.807) is 5.38 Å². The summed E-state index contributed by atoms with van der Waals surface area (Å²) < 4.78 is 5.44. The van der Waals surface area contributed by atoms with Crippen LogP contribution in [0.2, 0.25) is 0 Å². The third kappa shape index (κ3) is 4.36. The van der Waals surface area contributed by atoms with E-state index in [1.165, 1.54) is 24.2 Å². The van der Waals surface area contributed by atoms with E-state index in [4.69, 9.17) is 10.5 Å². The normalized spacial score (nSPS) is 14.7. The maximum Gasteiger partial charge on any atom is 0.270 e. The summed E-state index contributed by atoms with van der Waals surface area (Å²) in [5.41, 5.74) is 5.92. The number of amides is 1. The second-order valence-corrected chi connectivity index (χ2v) is 5.38. The molecule has 0 aliphatic heterocycles. The van der Waals surface area contributed by atoms with Gasteiger partial charge in [-0.1, -0.05) is 0 Å². The minimum Gasteiger partial charge on any atom is -0.379 e. The van der Waals surface area contributed by atoms with Gasteiger partial charge >= 0.3 is 0 Å². The molecule has 0 radical (unpaired) electrons. The Bertz CT molecular complexity index is 390. The molecule has 1 aromatic rings. The molecule has 5 nitrogen and oxygen atoms in total. The molecule has 1 saturated carbocycles. The standard InChI is InChI=1S/C12H19N3O2S/c13-4-3-11-15-10(8-18-11)12(16)14-5-6-17-7-9-1-2-9/h8-9H,1-7,13H2,(H,14,16). The van der Waals surface area contributed by atoms with Crippen LogP contribution in [0.4, 0.5) is 0 Å². The molecule has 0 unspecified atom stereocenters. The second kappa shape index (κ2) is 6.82. The molecule has 1 aliphatic rings. The van der Waals surface area contributed by atoms with E-state index in [0.29, 0.717) is 25.4 Å². The first-order valence-corrected chi connectivity index (χ1v) is 7.18. The Morgan fingerprint density at radius 1 is 1.61 bits per heavy atom. The summed E-state index contributed by atoms with van der Waals surface area (Å²) in [6.45, 7) is 2.49. The number of carbonyl (C=O) groups excluding carboxylic acids is 1. The first kappa shape index (κ1) is 13.5. The predicted molar refractivity (Wildman–Crippen MR) is 70.7 cm³/mol. The lowest BCUT2D eigenvalue weighted by Gasteiger charge is -2.04. The fraction of sp³-hybridized carbons (Fsp3) is 0.667. The first-order valence-electron chi connectivity index (χ1n) is 6.30. The van der Waals surface area contributed by atoms with Gasteiger partial charge in [-0.2, -0.15) is 0 Å². The van der Waals surface area contributed by atoms with Crippen molar-refractivity contribution in [2.75, 3.05) is 26.3 Å². The Kier molecular flexibility index (Phi) is 5.10. The maximum atomic E-state index is 11.7. The van der Waals surface area contributed by atoms with Gasteiger partial charge in [-0.15, -0.1) is 11.3 Å². The van der Waals surface area contributed by atoms with Gasteiger partial charge in [0.1, 0.15) is 5.69 Å². The van der Waals surface area contributed by atoms with Gasteiger partial charge < -0.3 is 15.8 Å². The van der Waals surface area contributed by atoms with Gasteiger partial charge in [0.15, 0.2) is 0 Å². The quantitative estimate of drug-likeness (QED) is 0.684. The molecule has 2 rings (SSSR count). The Morgan fingerprint density at radius 2 is 2.44 bits per heavy atom. The van der Waals surface area contributed by atoms with Crippen LogP contribution in [0.3, 0.4) is 0 Å². The van der Waals surface area contributed by atoms with Crippen LogP contribution in [0.15, 0.2) is 5.38 Å². The van der Waals surface area contributed by atoms with E-state index in [0.717, 1.165) is 24.0 Å². The van der Waals surface area contributed by atoms with Crippen molar-refractivity contribution in [2.24, 2.45) is 11.7 Å². The number of thiazole rings is 1. The van der Waals surface area contributed by atoms with Gasteiger partial charge in [0.25, 0.3) is 5.91 Å². The van der Waals surface area contributed by atoms with Gasteiger partial charge in [-0.3, -0.25) is 4.79 Å². The number of nitrogens with zero attached hydrogens (tertiary/aromatic N) is 1. The largest absolute Gasteiger partial charge is 0.379 e. The minimum atomic E-state index is -0.135. The number of carbonyl (C=O) groups is 1. The van der Waals surface area contributed by atoms with Crippen molar-refractivity contribution in [2.45, 2.75) is 19.3 Å². The van der Waals surface area contributed by atoms with Crippen LogP contribution in [-0.4, -0.2) is 37.2 Å². The van der Waals surface area contributed by atoms with Crippen LogP contribution in [0.5, 0.6) is 0 Å². The van der Waals surface area contributed by atoms with E-state index >= 15 is 0 Å². The molecule has 3 N–H and O–H groups in total. The molecule has 1 amide bonds. The van der Waals surface area contributed by atoms with Crippen molar-refractivity contribution in [3.63, 3.8) is 0 Å². The van der Waals surface area contributed by atoms with E-state index in [-0.39, 0.29) is 5.91 Å². The summed E-state index contributed by atoms with van der Waals surface area (Å²) in [6.07, 6.45) is 3.30. The predicted octanol–water partition coefficient (Wildman–Crippen LogP) is 0.801. The van der Waals surface area contributed by atoms with E-state index in [2.05, 4.69) is 10.3 Å². The molecule has 1 aliphatic carbocycles. The molecule has 0 aromatic carbocycles. The molecule has 0 spiro atoms. The van der Waals surface area contributed by atoms with E-state index < -0.39 is 0 Å². The molecular weight excluding hydrogens is 250 g/mol. The van der Waals surface area contributed by atoms with Gasteiger partial charge in [0, 0.05) is 25.0 Å². The molecule has 0 saturated heterocycles. The highest BCUT2D eigenvalue weighted by Crippen LogP contribution is 2.28. The maximum absolute atomic E-state index is 11.7. The van der Waals surface area contributed by atoms with Crippen molar-refractivity contribution >= 4 is 17.2 Å². The number of rotatable bonds is 8.